The molecule has 0 saturated heterocycles. The molecule has 0 radical (unpaired) electrons. The minimum absolute atomic E-state index is 0.0527. The summed E-state index contributed by atoms with van der Waals surface area (Å²) in [6, 6.07) is 0.736. The van der Waals surface area contributed by atoms with Crippen LogP contribution in [0.4, 0.5) is 5.69 Å². The number of aliphatic hydroxyl groups excluding tert-OH is 2. The van der Waals surface area contributed by atoms with Crippen LogP contribution in [0.3, 0.4) is 0 Å². The molecule has 212 valence electrons. The lowest BCUT2D eigenvalue weighted by Crippen LogP contribution is -2.65. The third-order valence-corrected chi connectivity index (χ3v) is 8.13. The van der Waals surface area contributed by atoms with Crippen LogP contribution in [0.25, 0.3) is 5.76 Å². The topological polar surface area (TPSA) is 177 Å². The van der Waals surface area contributed by atoms with Crippen molar-refractivity contribution in [3.8, 4) is 5.75 Å². The van der Waals surface area contributed by atoms with Crippen molar-refractivity contribution in [3.05, 3.63) is 39.7 Å². The van der Waals surface area contributed by atoms with Gasteiger partial charge in [0.15, 0.2) is 11.4 Å². The summed E-state index contributed by atoms with van der Waals surface area (Å²) in [5.41, 5.74) is 3.75. The van der Waals surface area contributed by atoms with Gasteiger partial charge in [0.25, 0.3) is 5.91 Å². The van der Waals surface area contributed by atoms with Crippen molar-refractivity contribution in [1.29, 1.82) is 0 Å². The fourth-order valence-electron chi connectivity index (χ4n) is 6.38. The summed E-state index contributed by atoms with van der Waals surface area (Å²) in [5.74, 6) is -6.15. The number of hydrogen-bond acceptors (Lipinski definition) is 10. The number of likely N-dealkylation sites (N-methyl/N-ethyl adjacent to an activating group) is 1. The number of nitrogens with zero attached hydrogens (tertiary/aromatic N) is 2. The number of carbonyl (C=O) groups is 3. The molecule has 0 aromatic heterocycles. The van der Waals surface area contributed by atoms with Gasteiger partial charge in [-0.15, -0.1) is 0 Å². The van der Waals surface area contributed by atoms with Crippen LogP contribution in [-0.4, -0.2) is 89.2 Å². The van der Waals surface area contributed by atoms with E-state index in [1.807, 2.05) is 25.1 Å². The quantitative estimate of drug-likeness (QED) is 0.270. The molecule has 4 rings (SSSR count). The summed E-state index contributed by atoms with van der Waals surface area (Å²) in [5, 5.41) is 48.8. The van der Waals surface area contributed by atoms with Gasteiger partial charge in [-0.1, -0.05) is 13.8 Å². The van der Waals surface area contributed by atoms with E-state index in [9.17, 15) is 34.8 Å². The Morgan fingerprint density at radius 2 is 1.82 bits per heavy atom. The maximum Gasteiger partial charge on any atom is 0.255 e. The Balaban J connectivity index is 1.93. The van der Waals surface area contributed by atoms with Gasteiger partial charge in [0.05, 0.1) is 11.6 Å². The van der Waals surface area contributed by atoms with E-state index in [0.717, 1.165) is 5.69 Å². The number of aliphatic hydroxyl groups is 3. The Morgan fingerprint density at radius 3 is 2.36 bits per heavy atom. The molecular weight excluding hydrogens is 504 g/mol. The standard InChI is InChI=1S/C28H38N4O7/c1-12(2)10-30-11-14-9-17(31(3)4)15-7-13-8-16-21(32(5)6)24(35)20(27(29)38)26(37)28(16,39)25(36)18(13)23(34)19(15)22(14)33/h9,12-13,16,21,30,33-34,37,39H,7-8,10-11H2,1-6H3,(H2,29,38)/t13-,16-,21?,28-/m0/s1. The predicted octanol–water partition coefficient (Wildman–Crippen LogP) is 0.776. The highest BCUT2D eigenvalue weighted by Crippen LogP contribution is 2.54. The van der Waals surface area contributed by atoms with Crippen LogP contribution in [0.15, 0.2) is 23.0 Å². The first-order valence-corrected chi connectivity index (χ1v) is 13.0. The maximum atomic E-state index is 14.0. The van der Waals surface area contributed by atoms with Gasteiger partial charge in [-0.2, -0.15) is 0 Å². The summed E-state index contributed by atoms with van der Waals surface area (Å²) in [6.45, 7) is 5.14. The average molecular weight is 543 g/mol. The van der Waals surface area contributed by atoms with E-state index >= 15 is 0 Å². The third kappa shape index (κ3) is 4.29. The minimum Gasteiger partial charge on any atom is -0.508 e. The summed E-state index contributed by atoms with van der Waals surface area (Å²) >= 11 is 0. The van der Waals surface area contributed by atoms with Crippen LogP contribution in [0.2, 0.25) is 0 Å². The van der Waals surface area contributed by atoms with Gasteiger partial charge < -0.3 is 36.4 Å². The molecule has 1 amide bonds. The van der Waals surface area contributed by atoms with E-state index in [1.165, 1.54) is 4.90 Å². The van der Waals surface area contributed by atoms with E-state index in [0.29, 0.717) is 30.1 Å². The molecule has 1 aromatic carbocycles. The number of carbonyl (C=O) groups excluding carboxylic acids is 3. The zero-order valence-corrected chi connectivity index (χ0v) is 23.2. The first-order chi connectivity index (χ1) is 18.1. The first-order valence-electron chi connectivity index (χ1n) is 13.0. The molecule has 1 unspecified atom stereocenters. The average Bonchev–Trinajstić information content (AvgIpc) is 2.81. The largest absolute Gasteiger partial charge is 0.508 e. The number of phenols is 1. The molecule has 0 heterocycles. The second-order valence-corrected chi connectivity index (χ2v) is 11.6. The molecule has 0 aliphatic heterocycles. The van der Waals surface area contributed by atoms with Gasteiger partial charge >= 0.3 is 0 Å². The molecule has 0 bridgehead atoms. The predicted molar refractivity (Wildman–Crippen MR) is 145 cm³/mol. The van der Waals surface area contributed by atoms with Crippen LogP contribution >= 0.6 is 0 Å². The zero-order chi connectivity index (χ0) is 29.1. The van der Waals surface area contributed by atoms with Crippen LogP contribution < -0.4 is 16.0 Å². The number of aromatic hydroxyl groups is 1. The van der Waals surface area contributed by atoms with E-state index in [1.54, 1.807) is 14.1 Å². The minimum atomic E-state index is -2.65. The van der Waals surface area contributed by atoms with Gasteiger partial charge in [-0.3, -0.25) is 19.3 Å². The molecule has 3 aliphatic rings. The van der Waals surface area contributed by atoms with Crippen molar-refractivity contribution < 1.29 is 34.8 Å². The lowest BCUT2D eigenvalue weighted by molar-refractivity contribution is -0.153. The molecule has 1 fully saturated rings. The Bertz CT molecular complexity index is 1310. The van der Waals surface area contributed by atoms with Gasteiger partial charge in [-0.25, -0.2) is 0 Å². The number of ketones is 2. The van der Waals surface area contributed by atoms with E-state index in [-0.39, 0.29) is 29.7 Å². The summed E-state index contributed by atoms with van der Waals surface area (Å²) < 4.78 is 0. The van der Waals surface area contributed by atoms with Crippen LogP contribution in [0, 0.1) is 17.8 Å². The second-order valence-electron chi connectivity index (χ2n) is 11.6. The Kier molecular flexibility index (Phi) is 7.30. The Labute approximate surface area is 227 Å². The highest BCUT2D eigenvalue weighted by atomic mass is 16.3. The summed E-state index contributed by atoms with van der Waals surface area (Å²) in [4.78, 5) is 42.7. The first kappa shape index (κ1) is 28.6. The van der Waals surface area contributed by atoms with Crippen molar-refractivity contribution in [2.45, 2.75) is 44.9 Å². The summed E-state index contributed by atoms with van der Waals surface area (Å²) in [7, 11) is 6.83. The molecule has 7 N–H and O–H groups in total. The lowest BCUT2D eigenvalue weighted by Gasteiger charge is -2.50. The number of primary amides is 1. The normalized spacial score (nSPS) is 26.6. The fraction of sp³-hybridized carbons (Fsp3) is 0.536. The van der Waals surface area contributed by atoms with Crippen LogP contribution in [0.1, 0.15) is 37.0 Å². The maximum absolute atomic E-state index is 14.0. The van der Waals surface area contributed by atoms with Crippen molar-refractivity contribution in [3.63, 3.8) is 0 Å². The number of phenolic OH excluding ortho intramolecular Hbond substituents is 1. The van der Waals surface area contributed by atoms with Gasteiger partial charge in [-0.05, 0) is 56.9 Å². The van der Waals surface area contributed by atoms with Crippen LogP contribution in [-0.2, 0) is 27.3 Å². The molecule has 4 atom stereocenters. The fourth-order valence-corrected chi connectivity index (χ4v) is 6.38. The lowest BCUT2D eigenvalue weighted by atomic mass is 9.57. The van der Waals surface area contributed by atoms with Crippen molar-refractivity contribution in [1.82, 2.24) is 10.2 Å². The van der Waals surface area contributed by atoms with Gasteiger partial charge in [0.1, 0.15) is 22.8 Å². The highest BCUT2D eigenvalue weighted by Gasteiger charge is 2.64. The van der Waals surface area contributed by atoms with Crippen molar-refractivity contribution in [2.75, 3.05) is 39.6 Å². The van der Waals surface area contributed by atoms with E-state index in [2.05, 4.69) is 19.2 Å². The second kappa shape index (κ2) is 9.96. The molecule has 39 heavy (non-hydrogen) atoms. The smallest absolute Gasteiger partial charge is 0.255 e. The van der Waals surface area contributed by atoms with Gasteiger partial charge in [0.2, 0.25) is 5.78 Å². The van der Waals surface area contributed by atoms with E-state index < -0.39 is 58.0 Å². The molecule has 0 spiro atoms. The van der Waals surface area contributed by atoms with E-state index in [4.69, 9.17) is 5.73 Å². The van der Waals surface area contributed by atoms with Crippen molar-refractivity contribution in [2.24, 2.45) is 23.5 Å². The number of hydrogen-bond donors (Lipinski definition) is 6. The molecule has 3 aliphatic carbocycles. The van der Waals surface area contributed by atoms with Crippen LogP contribution in [0.5, 0.6) is 5.75 Å². The summed E-state index contributed by atoms with van der Waals surface area (Å²) in [6.07, 6.45) is 0.298. The number of anilines is 1. The molecule has 1 saturated carbocycles. The Morgan fingerprint density at radius 1 is 1.18 bits per heavy atom. The molecule has 1 aromatic rings. The number of rotatable bonds is 7. The van der Waals surface area contributed by atoms with Crippen molar-refractivity contribution >= 4 is 28.9 Å². The molecular formula is C28H38N4O7. The number of benzene rings is 1. The molecule has 11 heteroatoms. The number of nitrogens with two attached hydrogens (primary N) is 1. The zero-order valence-electron chi connectivity index (χ0n) is 23.2. The third-order valence-electron chi connectivity index (χ3n) is 8.13. The SMILES string of the molecule is CC(C)CNCc1cc(N(C)C)c2c(c1O)C(O)=C1C(=O)[C@]3(O)C(O)=C(C(N)=O)C(=O)C(N(C)C)[C@@H]3C[C@@H]1C2. The molecule has 11 nitrogen and oxygen atoms in total. The number of amides is 1. The van der Waals surface area contributed by atoms with Gasteiger partial charge in [0, 0.05) is 43.4 Å². The highest BCUT2D eigenvalue weighted by molar-refractivity contribution is 6.24. The monoisotopic (exact) mass is 542 g/mol. The Hall–Kier alpha value is -3.41. The number of nitrogens with one attached hydrogen (secondary N) is 1. The number of fused-ring (bicyclic) bond motifs is 3. The number of Topliss-reactive ketones (excluding diaryl/α,β-unsaturated/α-hetero) is 2.